The number of allylic oxidation sites excluding steroid dienone is 4. The minimum atomic E-state index is -0.180. The van der Waals surface area contributed by atoms with Gasteiger partial charge in [0, 0.05) is 18.3 Å². The highest BCUT2D eigenvalue weighted by atomic mass is 16.6. The third-order valence-corrected chi connectivity index (χ3v) is 8.52. The lowest BCUT2D eigenvalue weighted by molar-refractivity contribution is -0.167. The van der Waals surface area contributed by atoms with Gasteiger partial charge in [-0.2, -0.15) is 0 Å². The predicted octanol–water partition coefficient (Wildman–Crippen LogP) is 4.37. The number of carbonyl (C=O) groups excluding carboxylic acids is 2. The second kappa shape index (κ2) is 5.31. The summed E-state index contributed by atoms with van der Waals surface area (Å²) in [5.41, 5.74) is 1.28. The number of hydrogen-bond acceptors (Lipinski definition) is 3. The van der Waals surface area contributed by atoms with Gasteiger partial charge < -0.3 is 4.74 Å². The molecule has 1 saturated heterocycles. The van der Waals surface area contributed by atoms with Crippen LogP contribution < -0.4 is 0 Å². The molecule has 3 heteroatoms. The van der Waals surface area contributed by atoms with E-state index >= 15 is 0 Å². The molecule has 0 bridgehead atoms. The summed E-state index contributed by atoms with van der Waals surface area (Å²) in [5.74, 6) is 2.81. The summed E-state index contributed by atoms with van der Waals surface area (Å²) in [6.45, 7) is 2.31. The van der Waals surface area contributed by atoms with Crippen molar-refractivity contribution in [2.24, 2.45) is 29.1 Å². The zero-order valence-corrected chi connectivity index (χ0v) is 15.1. The molecule has 134 valence electrons. The van der Waals surface area contributed by atoms with Crippen LogP contribution in [-0.4, -0.2) is 17.4 Å². The fourth-order valence-electron chi connectivity index (χ4n) is 7.48. The number of ketones is 1. The molecule has 3 nitrogen and oxygen atoms in total. The van der Waals surface area contributed by atoms with E-state index in [0.717, 1.165) is 32.1 Å². The molecule has 0 amide bonds. The van der Waals surface area contributed by atoms with E-state index in [1.807, 2.05) is 6.08 Å². The maximum absolute atomic E-state index is 12.0. The van der Waals surface area contributed by atoms with E-state index < -0.39 is 0 Å². The van der Waals surface area contributed by atoms with Gasteiger partial charge >= 0.3 is 5.97 Å². The smallest absolute Gasteiger partial charge is 0.306 e. The molecule has 1 aliphatic heterocycles. The first-order chi connectivity index (χ1) is 12.1. The van der Waals surface area contributed by atoms with Crippen molar-refractivity contribution in [3.63, 3.8) is 0 Å². The Morgan fingerprint density at radius 3 is 2.76 bits per heavy atom. The van der Waals surface area contributed by atoms with Gasteiger partial charge in [-0.1, -0.05) is 19.1 Å². The van der Waals surface area contributed by atoms with Gasteiger partial charge in [-0.3, -0.25) is 9.59 Å². The van der Waals surface area contributed by atoms with Gasteiger partial charge in [-0.05, 0) is 80.3 Å². The molecule has 3 fully saturated rings. The average Bonchev–Trinajstić information content (AvgIpc) is 3.16. The third kappa shape index (κ3) is 1.98. The predicted molar refractivity (Wildman–Crippen MR) is 94.7 cm³/mol. The summed E-state index contributed by atoms with van der Waals surface area (Å²) in [5, 5.41) is 0. The van der Waals surface area contributed by atoms with E-state index in [1.165, 1.54) is 24.8 Å². The van der Waals surface area contributed by atoms with Crippen LogP contribution in [0.1, 0.15) is 64.7 Å². The van der Waals surface area contributed by atoms with E-state index in [1.54, 1.807) is 0 Å². The van der Waals surface area contributed by atoms with Gasteiger partial charge in [-0.25, -0.2) is 0 Å². The van der Waals surface area contributed by atoms with Crippen LogP contribution in [0.15, 0.2) is 23.8 Å². The van der Waals surface area contributed by atoms with Crippen LogP contribution in [0.5, 0.6) is 0 Å². The molecule has 1 heterocycles. The van der Waals surface area contributed by atoms with Crippen molar-refractivity contribution < 1.29 is 14.3 Å². The van der Waals surface area contributed by atoms with Gasteiger partial charge in [0.2, 0.25) is 0 Å². The molecule has 0 N–H and O–H groups in total. The lowest BCUT2D eigenvalue weighted by atomic mass is 9.50. The highest BCUT2D eigenvalue weighted by Gasteiger charge is 2.66. The fourth-order valence-corrected chi connectivity index (χ4v) is 7.48. The van der Waals surface area contributed by atoms with Crippen molar-refractivity contribution in [1.29, 1.82) is 0 Å². The Hall–Kier alpha value is -1.38. The minimum absolute atomic E-state index is 0.0193. The lowest BCUT2D eigenvalue weighted by Crippen LogP contribution is -2.53. The molecule has 6 atom stereocenters. The van der Waals surface area contributed by atoms with Crippen molar-refractivity contribution in [2.75, 3.05) is 0 Å². The largest absolute Gasteiger partial charge is 0.458 e. The van der Waals surface area contributed by atoms with Crippen molar-refractivity contribution in [3.8, 4) is 0 Å². The molecule has 0 aromatic heterocycles. The number of esters is 1. The van der Waals surface area contributed by atoms with Gasteiger partial charge in [0.25, 0.3) is 0 Å². The Balaban J connectivity index is 1.52. The summed E-state index contributed by atoms with van der Waals surface area (Å²) in [6.07, 6.45) is 15.6. The lowest BCUT2D eigenvalue weighted by Gasteiger charge is -2.55. The van der Waals surface area contributed by atoms with Crippen LogP contribution >= 0.6 is 0 Å². The molecule has 0 unspecified atom stereocenters. The molecule has 2 saturated carbocycles. The number of rotatable bonds is 1. The Morgan fingerprint density at radius 2 is 2.00 bits per heavy atom. The van der Waals surface area contributed by atoms with Crippen LogP contribution in [0.25, 0.3) is 0 Å². The maximum Gasteiger partial charge on any atom is 0.306 e. The van der Waals surface area contributed by atoms with E-state index in [0.29, 0.717) is 35.9 Å². The number of carbonyl (C=O) groups is 2. The number of fused-ring (bicyclic) bond motifs is 6. The topological polar surface area (TPSA) is 43.4 Å². The average molecular weight is 340 g/mol. The standard InChI is InChI=1S/C22H28O3/c1-2-21-10-7-17-16-6-4-15(23)13-14(16)3-5-18(17)19(21)8-11-22(21)12-9-20(24)25-22/h3,5,13,16-19H,2,4,6-12H2,1H3/t16-,17+,18+,19-,21-,22+/m0/s1. The molecule has 5 rings (SSSR count). The second-order valence-electron chi connectivity index (χ2n) is 9.02. The van der Waals surface area contributed by atoms with Crippen molar-refractivity contribution in [3.05, 3.63) is 23.8 Å². The summed E-state index contributed by atoms with van der Waals surface area (Å²) < 4.78 is 6.05. The van der Waals surface area contributed by atoms with Crippen molar-refractivity contribution >= 4 is 11.8 Å². The first kappa shape index (κ1) is 15.8. The molecule has 0 radical (unpaired) electrons. The van der Waals surface area contributed by atoms with Gasteiger partial charge in [0.15, 0.2) is 5.78 Å². The van der Waals surface area contributed by atoms with E-state index in [-0.39, 0.29) is 17.0 Å². The number of ether oxygens (including phenoxy) is 1. The minimum Gasteiger partial charge on any atom is -0.458 e. The Morgan fingerprint density at radius 1 is 1.12 bits per heavy atom. The molecular formula is C22H28O3. The van der Waals surface area contributed by atoms with Crippen molar-refractivity contribution in [1.82, 2.24) is 0 Å². The highest BCUT2D eigenvalue weighted by molar-refractivity contribution is 5.92. The Bertz CT molecular complexity index is 689. The van der Waals surface area contributed by atoms with E-state index in [9.17, 15) is 9.59 Å². The summed E-state index contributed by atoms with van der Waals surface area (Å²) >= 11 is 0. The fraction of sp³-hybridized carbons (Fsp3) is 0.727. The molecule has 0 aromatic rings. The van der Waals surface area contributed by atoms with Crippen LogP contribution in [0.3, 0.4) is 0 Å². The molecule has 4 aliphatic carbocycles. The monoisotopic (exact) mass is 340 g/mol. The molecule has 0 aromatic carbocycles. The number of hydrogen-bond donors (Lipinski definition) is 0. The van der Waals surface area contributed by atoms with Gasteiger partial charge in [-0.15, -0.1) is 0 Å². The van der Waals surface area contributed by atoms with Crippen molar-refractivity contribution in [2.45, 2.75) is 70.3 Å². The molecule has 5 aliphatic rings. The van der Waals surface area contributed by atoms with E-state index in [4.69, 9.17) is 4.74 Å². The summed E-state index contributed by atoms with van der Waals surface area (Å²) in [7, 11) is 0. The normalized spacial score (nSPS) is 48.0. The van der Waals surface area contributed by atoms with Crippen LogP contribution in [0, 0.1) is 29.1 Å². The quantitative estimate of drug-likeness (QED) is 0.666. The first-order valence-electron chi connectivity index (χ1n) is 10.2. The zero-order valence-electron chi connectivity index (χ0n) is 15.1. The SMILES string of the molecule is CC[C@]12CC[C@H]3[C@@H](C=CC4=CC(=O)CC[C@@H]43)[C@@H]1CC[C@@]21CCC(=O)O1. The Labute approximate surface area is 149 Å². The second-order valence-corrected chi connectivity index (χ2v) is 9.02. The third-order valence-electron chi connectivity index (χ3n) is 8.52. The van der Waals surface area contributed by atoms with Gasteiger partial charge in [0.05, 0.1) is 0 Å². The summed E-state index contributed by atoms with van der Waals surface area (Å²) in [4.78, 5) is 23.8. The molecule has 25 heavy (non-hydrogen) atoms. The van der Waals surface area contributed by atoms with Gasteiger partial charge in [0.1, 0.15) is 5.60 Å². The van der Waals surface area contributed by atoms with Crippen LogP contribution in [0.2, 0.25) is 0 Å². The highest BCUT2D eigenvalue weighted by Crippen LogP contribution is 2.68. The zero-order chi connectivity index (χ0) is 17.2. The van der Waals surface area contributed by atoms with Crippen LogP contribution in [-0.2, 0) is 14.3 Å². The maximum atomic E-state index is 12.0. The first-order valence-corrected chi connectivity index (χ1v) is 10.2. The summed E-state index contributed by atoms with van der Waals surface area (Å²) in [6, 6.07) is 0. The molecule has 1 spiro atoms. The van der Waals surface area contributed by atoms with Crippen LogP contribution in [0.4, 0.5) is 0 Å². The molecular weight excluding hydrogens is 312 g/mol. The Kier molecular flexibility index (Phi) is 3.37. The van der Waals surface area contributed by atoms with E-state index in [2.05, 4.69) is 19.1 Å².